The average Bonchev–Trinajstić information content (AvgIpc) is 3.24. The summed E-state index contributed by atoms with van der Waals surface area (Å²) >= 11 is 0. The lowest BCUT2D eigenvalue weighted by Gasteiger charge is -2.17. The first kappa shape index (κ1) is 17.1. The van der Waals surface area contributed by atoms with Gasteiger partial charge in [-0.3, -0.25) is 14.3 Å². The van der Waals surface area contributed by atoms with E-state index in [-0.39, 0.29) is 17.7 Å². The highest BCUT2D eigenvalue weighted by Crippen LogP contribution is 2.20. The van der Waals surface area contributed by atoms with Crippen molar-refractivity contribution in [1.82, 2.24) is 25.0 Å². The normalized spacial score (nSPS) is 17.1. The Morgan fingerprint density at radius 1 is 1.32 bits per heavy atom. The third kappa shape index (κ3) is 4.65. The van der Waals surface area contributed by atoms with Gasteiger partial charge in [-0.1, -0.05) is 29.8 Å². The minimum atomic E-state index is -0.260. The van der Waals surface area contributed by atoms with E-state index in [4.69, 9.17) is 0 Å². The first-order valence-corrected chi connectivity index (χ1v) is 8.55. The van der Waals surface area contributed by atoms with Gasteiger partial charge in [0.15, 0.2) is 0 Å². The van der Waals surface area contributed by atoms with Gasteiger partial charge in [0, 0.05) is 32.6 Å². The highest BCUT2D eigenvalue weighted by atomic mass is 16.2. The van der Waals surface area contributed by atoms with Crippen LogP contribution in [0.3, 0.4) is 0 Å². The van der Waals surface area contributed by atoms with E-state index in [0.29, 0.717) is 32.6 Å². The van der Waals surface area contributed by atoms with E-state index in [2.05, 4.69) is 15.4 Å². The summed E-state index contributed by atoms with van der Waals surface area (Å²) in [5, 5.41) is 6.94. The molecule has 0 saturated carbocycles. The van der Waals surface area contributed by atoms with Gasteiger partial charge in [0.25, 0.3) is 0 Å². The van der Waals surface area contributed by atoms with Crippen molar-refractivity contribution in [3.63, 3.8) is 0 Å². The molecule has 1 aliphatic rings. The van der Waals surface area contributed by atoms with Crippen molar-refractivity contribution in [3.8, 4) is 0 Å². The Kier molecular flexibility index (Phi) is 5.42. The van der Waals surface area contributed by atoms with Crippen molar-refractivity contribution in [2.45, 2.75) is 32.9 Å². The Morgan fingerprint density at radius 3 is 2.84 bits per heavy atom. The van der Waals surface area contributed by atoms with Crippen LogP contribution in [0.4, 0.5) is 0 Å². The standard InChI is InChI=1S/C18H23N5O2/c1-14-3-5-15(6-4-14)10-22-11-16(9-17(22)24)18(25)20-7-2-8-23-13-19-12-21-23/h3-6,12-13,16H,2,7-11H2,1H3,(H,20,25). The van der Waals surface area contributed by atoms with Gasteiger partial charge in [-0.25, -0.2) is 4.98 Å². The zero-order valence-corrected chi connectivity index (χ0v) is 14.4. The summed E-state index contributed by atoms with van der Waals surface area (Å²) in [6.07, 6.45) is 4.22. The monoisotopic (exact) mass is 341 g/mol. The Morgan fingerprint density at radius 2 is 2.12 bits per heavy atom. The number of carbonyl (C=O) groups is 2. The van der Waals surface area contributed by atoms with Gasteiger partial charge < -0.3 is 10.2 Å². The van der Waals surface area contributed by atoms with Crippen LogP contribution in [0.15, 0.2) is 36.9 Å². The maximum absolute atomic E-state index is 12.3. The molecule has 1 N–H and O–H groups in total. The van der Waals surface area contributed by atoms with Crippen molar-refractivity contribution < 1.29 is 9.59 Å². The summed E-state index contributed by atoms with van der Waals surface area (Å²) < 4.78 is 1.73. The summed E-state index contributed by atoms with van der Waals surface area (Å²) in [5.41, 5.74) is 2.28. The summed E-state index contributed by atoms with van der Waals surface area (Å²) in [5.74, 6) is -0.258. The molecule has 2 amide bonds. The molecule has 7 heteroatoms. The molecule has 132 valence electrons. The second kappa shape index (κ2) is 7.92. The Labute approximate surface area is 147 Å². The average molecular weight is 341 g/mol. The molecule has 0 spiro atoms. The molecular formula is C18H23N5O2. The van der Waals surface area contributed by atoms with E-state index >= 15 is 0 Å². The first-order valence-electron chi connectivity index (χ1n) is 8.55. The van der Waals surface area contributed by atoms with Crippen molar-refractivity contribution >= 4 is 11.8 Å². The third-order valence-electron chi connectivity index (χ3n) is 4.41. The van der Waals surface area contributed by atoms with Crippen LogP contribution in [-0.2, 0) is 22.7 Å². The molecule has 1 unspecified atom stereocenters. The Hall–Kier alpha value is -2.70. The fourth-order valence-corrected chi connectivity index (χ4v) is 2.96. The maximum Gasteiger partial charge on any atom is 0.225 e. The van der Waals surface area contributed by atoms with Crippen LogP contribution in [0, 0.1) is 12.8 Å². The first-order chi connectivity index (χ1) is 12.1. The number of aromatic nitrogens is 3. The van der Waals surface area contributed by atoms with Crippen LogP contribution >= 0.6 is 0 Å². The van der Waals surface area contributed by atoms with Crippen molar-refractivity contribution in [2.24, 2.45) is 5.92 Å². The number of benzene rings is 1. The Bertz CT molecular complexity index is 712. The topological polar surface area (TPSA) is 80.1 Å². The molecular weight excluding hydrogens is 318 g/mol. The second-order valence-electron chi connectivity index (χ2n) is 6.46. The number of nitrogens with zero attached hydrogens (tertiary/aromatic N) is 4. The molecule has 3 rings (SSSR count). The predicted molar refractivity (Wildman–Crippen MR) is 92.4 cm³/mol. The number of nitrogens with one attached hydrogen (secondary N) is 1. The van der Waals surface area contributed by atoms with Gasteiger partial charge in [-0.2, -0.15) is 5.10 Å². The number of hydrogen-bond donors (Lipinski definition) is 1. The molecule has 0 radical (unpaired) electrons. The minimum Gasteiger partial charge on any atom is -0.356 e. The van der Waals surface area contributed by atoms with Crippen LogP contribution < -0.4 is 5.32 Å². The fraction of sp³-hybridized carbons (Fsp3) is 0.444. The maximum atomic E-state index is 12.3. The van der Waals surface area contributed by atoms with E-state index in [1.54, 1.807) is 15.9 Å². The smallest absolute Gasteiger partial charge is 0.225 e. The fourth-order valence-electron chi connectivity index (χ4n) is 2.96. The van der Waals surface area contributed by atoms with Gasteiger partial charge in [-0.15, -0.1) is 0 Å². The molecule has 1 atom stereocenters. The molecule has 0 aliphatic carbocycles. The molecule has 7 nitrogen and oxygen atoms in total. The van der Waals surface area contributed by atoms with E-state index in [9.17, 15) is 9.59 Å². The van der Waals surface area contributed by atoms with Gasteiger partial charge in [-0.05, 0) is 18.9 Å². The third-order valence-corrected chi connectivity index (χ3v) is 4.41. The van der Waals surface area contributed by atoms with Crippen LogP contribution in [0.2, 0.25) is 0 Å². The zero-order chi connectivity index (χ0) is 17.6. The van der Waals surface area contributed by atoms with Crippen LogP contribution in [-0.4, -0.2) is 44.6 Å². The molecule has 1 aliphatic heterocycles. The van der Waals surface area contributed by atoms with Crippen LogP contribution in [0.1, 0.15) is 24.0 Å². The highest BCUT2D eigenvalue weighted by molar-refractivity contribution is 5.89. The molecule has 1 saturated heterocycles. The van der Waals surface area contributed by atoms with Crippen LogP contribution in [0.5, 0.6) is 0 Å². The summed E-state index contributed by atoms with van der Waals surface area (Å²) in [6.45, 7) is 4.37. The predicted octanol–water partition coefficient (Wildman–Crippen LogP) is 1.14. The van der Waals surface area contributed by atoms with E-state index < -0.39 is 0 Å². The lowest BCUT2D eigenvalue weighted by atomic mass is 10.1. The number of likely N-dealkylation sites (tertiary alicyclic amines) is 1. The number of rotatable bonds is 7. The SMILES string of the molecule is Cc1ccc(CN2CC(C(=O)NCCCn3cncn3)CC2=O)cc1. The number of amides is 2. The summed E-state index contributed by atoms with van der Waals surface area (Å²) in [6, 6.07) is 8.13. The molecule has 1 fully saturated rings. The summed E-state index contributed by atoms with van der Waals surface area (Å²) in [7, 11) is 0. The largest absolute Gasteiger partial charge is 0.356 e. The lowest BCUT2D eigenvalue weighted by molar-refractivity contribution is -0.129. The highest BCUT2D eigenvalue weighted by Gasteiger charge is 2.33. The van der Waals surface area contributed by atoms with E-state index in [1.165, 1.54) is 11.9 Å². The minimum absolute atomic E-state index is 0.0432. The van der Waals surface area contributed by atoms with Gasteiger partial charge in [0.05, 0.1) is 5.92 Å². The number of aryl methyl sites for hydroxylation is 2. The van der Waals surface area contributed by atoms with Crippen molar-refractivity contribution in [1.29, 1.82) is 0 Å². The van der Waals surface area contributed by atoms with Gasteiger partial charge >= 0.3 is 0 Å². The molecule has 2 aromatic rings. The van der Waals surface area contributed by atoms with Gasteiger partial charge in [0.1, 0.15) is 12.7 Å². The molecule has 0 bridgehead atoms. The second-order valence-corrected chi connectivity index (χ2v) is 6.46. The van der Waals surface area contributed by atoms with Gasteiger partial charge in [0.2, 0.25) is 11.8 Å². The lowest BCUT2D eigenvalue weighted by Crippen LogP contribution is -2.33. The number of hydrogen-bond acceptors (Lipinski definition) is 4. The quantitative estimate of drug-likeness (QED) is 0.766. The summed E-state index contributed by atoms with van der Waals surface area (Å²) in [4.78, 5) is 30.1. The zero-order valence-electron chi connectivity index (χ0n) is 14.4. The van der Waals surface area contributed by atoms with E-state index in [1.807, 2.05) is 31.2 Å². The molecule has 1 aromatic heterocycles. The Balaban J connectivity index is 1.43. The molecule has 25 heavy (non-hydrogen) atoms. The molecule has 2 heterocycles. The van der Waals surface area contributed by atoms with Crippen molar-refractivity contribution in [3.05, 3.63) is 48.0 Å². The molecule has 1 aromatic carbocycles. The van der Waals surface area contributed by atoms with Crippen molar-refractivity contribution in [2.75, 3.05) is 13.1 Å². The number of carbonyl (C=O) groups excluding carboxylic acids is 2. The van der Waals surface area contributed by atoms with E-state index in [0.717, 1.165) is 12.0 Å². The van der Waals surface area contributed by atoms with Crippen LogP contribution in [0.25, 0.3) is 0 Å².